The third-order valence-electron chi connectivity index (χ3n) is 6.83. The van der Waals surface area contributed by atoms with Crippen LogP contribution in [0.2, 0.25) is 0 Å². The van der Waals surface area contributed by atoms with Crippen LogP contribution in [0.15, 0.2) is 24.3 Å². The summed E-state index contributed by atoms with van der Waals surface area (Å²) < 4.78 is 0. The SMILES string of the molecule is CC(C)CC(NC(=O)c1ccc(N)cc1)C(=O)N1CCC2C1C(=O)CN2C(=O)C1CCCN1. The van der Waals surface area contributed by atoms with Gasteiger partial charge in [-0.15, -0.1) is 0 Å². The van der Waals surface area contributed by atoms with E-state index in [2.05, 4.69) is 10.6 Å². The summed E-state index contributed by atoms with van der Waals surface area (Å²) in [5.41, 5.74) is 6.67. The Balaban J connectivity index is 1.48. The maximum absolute atomic E-state index is 13.5. The van der Waals surface area contributed by atoms with Crippen molar-refractivity contribution in [1.29, 1.82) is 0 Å². The molecule has 33 heavy (non-hydrogen) atoms. The summed E-state index contributed by atoms with van der Waals surface area (Å²) >= 11 is 0. The van der Waals surface area contributed by atoms with Crippen LogP contribution in [0, 0.1) is 5.92 Å². The van der Waals surface area contributed by atoms with Crippen LogP contribution < -0.4 is 16.4 Å². The smallest absolute Gasteiger partial charge is 0.251 e. The van der Waals surface area contributed by atoms with Crippen molar-refractivity contribution in [2.75, 3.05) is 25.4 Å². The molecule has 1 aromatic carbocycles. The van der Waals surface area contributed by atoms with Gasteiger partial charge in [-0.1, -0.05) is 13.8 Å². The first-order valence-corrected chi connectivity index (χ1v) is 11.8. The number of fused-ring (bicyclic) bond motifs is 1. The molecule has 9 heteroatoms. The van der Waals surface area contributed by atoms with Crippen LogP contribution in [0.5, 0.6) is 0 Å². The number of rotatable bonds is 6. The quantitative estimate of drug-likeness (QED) is 0.538. The van der Waals surface area contributed by atoms with E-state index in [1.165, 1.54) is 0 Å². The van der Waals surface area contributed by atoms with Gasteiger partial charge in [-0.05, 0) is 62.4 Å². The Morgan fingerprint density at radius 3 is 2.52 bits per heavy atom. The molecule has 0 aliphatic carbocycles. The predicted octanol–water partition coefficient (Wildman–Crippen LogP) is 0.546. The van der Waals surface area contributed by atoms with Crippen molar-refractivity contribution in [2.45, 2.75) is 63.7 Å². The minimum atomic E-state index is -0.747. The van der Waals surface area contributed by atoms with Gasteiger partial charge in [0.15, 0.2) is 5.78 Å². The number of ketones is 1. The van der Waals surface area contributed by atoms with E-state index in [0.717, 1.165) is 19.4 Å². The third kappa shape index (κ3) is 4.73. The Hall–Kier alpha value is -2.94. The molecule has 3 heterocycles. The molecule has 3 fully saturated rings. The van der Waals surface area contributed by atoms with Crippen LogP contribution in [0.4, 0.5) is 5.69 Å². The number of nitrogen functional groups attached to an aromatic ring is 1. The second-order valence-electron chi connectivity index (χ2n) is 9.69. The van der Waals surface area contributed by atoms with Crippen molar-refractivity contribution >= 4 is 29.2 Å². The number of benzene rings is 1. The topological polar surface area (TPSA) is 125 Å². The first-order chi connectivity index (χ1) is 15.8. The van der Waals surface area contributed by atoms with Crippen LogP contribution in [-0.4, -0.2) is 77.1 Å². The second-order valence-corrected chi connectivity index (χ2v) is 9.69. The summed E-state index contributed by atoms with van der Waals surface area (Å²) in [6.07, 6.45) is 2.75. The molecule has 0 saturated carbocycles. The molecule has 3 saturated heterocycles. The van der Waals surface area contributed by atoms with Gasteiger partial charge in [0.1, 0.15) is 12.1 Å². The zero-order valence-corrected chi connectivity index (χ0v) is 19.3. The highest BCUT2D eigenvalue weighted by Crippen LogP contribution is 2.31. The number of nitrogens with one attached hydrogen (secondary N) is 2. The van der Waals surface area contributed by atoms with E-state index in [0.29, 0.717) is 30.6 Å². The van der Waals surface area contributed by atoms with Crippen LogP contribution >= 0.6 is 0 Å². The van der Waals surface area contributed by atoms with E-state index >= 15 is 0 Å². The van der Waals surface area contributed by atoms with E-state index in [4.69, 9.17) is 5.73 Å². The third-order valence-corrected chi connectivity index (χ3v) is 6.83. The minimum Gasteiger partial charge on any atom is -0.399 e. The summed E-state index contributed by atoms with van der Waals surface area (Å²) in [6.45, 7) is 5.22. The van der Waals surface area contributed by atoms with Crippen molar-refractivity contribution in [3.8, 4) is 0 Å². The fourth-order valence-electron chi connectivity index (χ4n) is 5.22. The zero-order valence-electron chi connectivity index (χ0n) is 19.3. The Bertz CT molecular complexity index is 925. The Labute approximate surface area is 194 Å². The number of Topliss-reactive ketones (excluding diaryl/α,β-unsaturated/α-hetero) is 1. The lowest BCUT2D eigenvalue weighted by Gasteiger charge is -2.29. The van der Waals surface area contributed by atoms with E-state index in [-0.39, 0.29) is 48.1 Å². The van der Waals surface area contributed by atoms with Gasteiger partial charge in [0.05, 0.1) is 18.6 Å². The van der Waals surface area contributed by atoms with Crippen molar-refractivity contribution < 1.29 is 19.2 Å². The molecule has 3 aliphatic rings. The lowest BCUT2D eigenvalue weighted by Crippen LogP contribution is -2.53. The molecule has 9 nitrogen and oxygen atoms in total. The largest absolute Gasteiger partial charge is 0.399 e. The molecule has 3 amide bonds. The summed E-state index contributed by atoms with van der Waals surface area (Å²) in [5, 5.41) is 6.07. The molecule has 0 radical (unpaired) electrons. The van der Waals surface area contributed by atoms with Crippen molar-refractivity contribution in [2.24, 2.45) is 5.92 Å². The fourth-order valence-corrected chi connectivity index (χ4v) is 5.22. The molecule has 0 spiro atoms. The van der Waals surface area contributed by atoms with Crippen LogP contribution in [0.1, 0.15) is 49.9 Å². The van der Waals surface area contributed by atoms with Crippen LogP contribution in [-0.2, 0) is 14.4 Å². The highest BCUT2D eigenvalue weighted by atomic mass is 16.2. The first kappa shape index (κ1) is 23.2. The van der Waals surface area contributed by atoms with Crippen LogP contribution in [0.25, 0.3) is 0 Å². The van der Waals surface area contributed by atoms with Gasteiger partial charge in [-0.3, -0.25) is 19.2 Å². The van der Waals surface area contributed by atoms with Crippen molar-refractivity contribution in [3.63, 3.8) is 0 Å². The zero-order chi connectivity index (χ0) is 23.7. The summed E-state index contributed by atoms with van der Waals surface area (Å²) in [5.74, 6) is -0.605. The average molecular weight is 456 g/mol. The maximum Gasteiger partial charge on any atom is 0.251 e. The summed E-state index contributed by atoms with van der Waals surface area (Å²) in [4.78, 5) is 55.5. The molecule has 4 atom stereocenters. The van der Waals surface area contributed by atoms with E-state index in [1.807, 2.05) is 13.8 Å². The van der Waals surface area contributed by atoms with Gasteiger partial charge >= 0.3 is 0 Å². The molecule has 1 aromatic rings. The summed E-state index contributed by atoms with van der Waals surface area (Å²) in [6, 6.07) is 4.61. The molecular weight excluding hydrogens is 422 g/mol. The number of carbonyl (C=O) groups is 4. The number of anilines is 1. The van der Waals surface area contributed by atoms with E-state index in [1.54, 1.807) is 34.1 Å². The van der Waals surface area contributed by atoms with Crippen molar-refractivity contribution in [1.82, 2.24) is 20.4 Å². The molecular formula is C24H33N5O4. The second kappa shape index (κ2) is 9.51. The predicted molar refractivity (Wildman–Crippen MR) is 123 cm³/mol. The molecule has 178 valence electrons. The van der Waals surface area contributed by atoms with Gasteiger partial charge in [-0.2, -0.15) is 0 Å². The molecule has 0 aromatic heterocycles. The minimum absolute atomic E-state index is 0.0435. The monoisotopic (exact) mass is 455 g/mol. The Morgan fingerprint density at radius 2 is 1.88 bits per heavy atom. The highest BCUT2D eigenvalue weighted by molar-refractivity contribution is 6.01. The standard InChI is InChI=1S/C24H33N5O4/c1-14(2)12-18(27-22(31)15-5-7-16(25)8-6-15)24(33)28-11-9-19-21(28)20(30)13-29(19)23(32)17-4-3-10-26-17/h5-8,14,17-19,21,26H,3-4,9-13,25H2,1-2H3,(H,27,31). The number of nitrogens with zero attached hydrogens (tertiary/aromatic N) is 2. The number of hydrogen-bond acceptors (Lipinski definition) is 6. The number of amides is 3. The molecule has 0 bridgehead atoms. The number of nitrogens with two attached hydrogens (primary N) is 1. The number of likely N-dealkylation sites (tertiary alicyclic amines) is 2. The Morgan fingerprint density at radius 1 is 1.15 bits per heavy atom. The number of carbonyl (C=O) groups excluding carboxylic acids is 4. The summed E-state index contributed by atoms with van der Waals surface area (Å²) in [7, 11) is 0. The van der Waals surface area contributed by atoms with Gasteiger partial charge in [0.2, 0.25) is 11.8 Å². The van der Waals surface area contributed by atoms with Gasteiger partial charge in [-0.25, -0.2) is 0 Å². The fraction of sp³-hybridized carbons (Fsp3) is 0.583. The molecule has 4 rings (SSSR count). The average Bonchev–Trinajstić information content (AvgIpc) is 3.51. The van der Waals surface area contributed by atoms with Crippen LogP contribution in [0.3, 0.4) is 0 Å². The highest BCUT2D eigenvalue weighted by Gasteiger charge is 2.53. The molecule has 4 unspecified atom stereocenters. The lowest BCUT2D eigenvalue weighted by molar-refractivity contribution is -0.138. The van der Waals surface area contributed by atoms with E-state index < -0.39 is 12.1 Å². The Kier molecular flexibility index (Phi) is 6.69. The first-order valence-electron chi connectivity index (χ1n) is 11.8. The van der Waals surface area contributed by atoms with E-state index in [9.17, 15) is 19.2 Å². The van der Waals surface area contributed by atoms with Gasteiger partial charge < -0.3 is 26.2 Å². The van der Waals surface area contributed by atoms with Gasteiger partial charge in [0, 0.05) is 17.8 Å². The van der Waals surface area contributed by atoms with Crippen molar-refractivity contribution in [3.05, 3.63) is 29.8 Å². The number of hydrogen-bond donors (Lipinski definition) is 3. The molecule has 4 N–H and O–H groups in total. The maximum atomic E-state index is 13.5. The molecule has 3 aliphatic heterocycles. The normalized spacial score (nSPS) is 25.4. The lowest BCUT2D eigenvalue weighted by atomic mass is 10.0. The van der Waals surface area contributed by atoms with Gasteiger partial charge in [0.25, 0.3) is 5.91 Å².